The first-order valence-corrected chi connectivity index (χ1v) is 10.5. The molecule has 5 rings (SSSR count). The van der Waals surface area contributed by atoms with E-state index >= 15 is 0 Å². The Morgan fingerprint density at radius 2 is 2.00 bits per heavy atom. The van der Waals surface area contributed by atoms with E-state index < -0.39 is 15.4 Å². The Morgan fingerprint density at radius 1 is 1.22 bits per heavy atom. The van der Waals surface area contributed by atoms with Gasteiger partial charge in [-0.25, -0.2) is 17.4 Å². The molecule has 1 aliphatic heterocycles. The van der Waals surface area contributed by atoms with Crippen LogP contribution in [0.3, 0.4) is 0 Å². The van der Waals surface area contributed by atoms with Crippen molar-refractivity contribution in [3.63, 3.8) is 0 Å². The van der Waals surface area contributed by atoms with Crippen LogP contribution in [0.4, 0.5) is 5.69 Å². The molecule has 0 unspecified atom stereocenters. The molecule has 138 valence electrons. The Hall–Kier alpha value is -2.67. The van der Waals surface area contributed by atoms with E-state index in [0.717, 1.165) is 30.2 Å². The van der Waals surface area contributed by atoms with Gasteiger partial charge in [0.25, 0.3) is 10.0 Å². The highest BCUT2D eigenvalue weighted by Gasteiger charge is 2.51. The lowest BCUT2D eigenvalue weighted by Crippen LogP contribution is -2.31. The van der Waals surface area contributed by atoms with E-state index in [1.165, 1.54) is 10.2 Å². The van der Waals surface area contributed by atoms with Gasteiger partial charge in [-0.2, -0.15) is 0 Å². The summed E-state index contributed by atoms with van der Waals surface area (Å²) in [6, 6.07) is 10.1. The minimum absolute atomic E-state index is 0.00909. The zero-order valence-corrected chi connectivity index (χ0v) is 15.7. The molecule has 3 aromatic rings. The van der Waals surface area contributed by atoms with Crippen LogP contribution < -0.4 is 5.32 Å². The number of fused-ring (bicyclic) bond motifs is 4. The molecule has 2 aliphatic rings. The van der Waals surface area contributed by atoms with Crippen LogP contribution in [0.15, 0.2) is 53.7 Å². The number of aromatic nitrogens is 2. The summed E-state index contributed by atoms with van der Waals surface area (Å²) in [4.78, 5) is 17.4. The van der Waals surface area contributed by atoms with E-state index in [1.54, 1.807) is 42.6 Å². The quantitative estimate of drug-likeness (QED) is 0.739. The second-order valence-corrected chi connectivity index (χ2v) is 9.41. The SMILES string of the molecule is C[C@H]1CC[C@@]2(C1)C(=O)Nc1cnc3c(ccn3S(=O)(=O)c3ccccc3)c12. The van der Waals surface area contributed by atoms with Gasteiger partial charge in [0.15, 0.2) is 5.65 Å². The Kier molecular flexibility index (Phi) is 3.31. The topological polar surface area (TPSA) is 81.1 Å². The number of pyridine rings is 1. The van der Waals surface area contributed by atoms with Gasteiger partial charge in [-0.15, -0.1) is 0 Å². The number of hydrogen-bond acceptors (Lipinski definition) is 4. The summed E-state index contributed by atoms with van der Waals surface area (Å²) in [5.41, 5.74) is 1.41. The summed E-state index contributed by atoms with van der Waals surface area (Å²) in [6.45, 7) is 2.16. The molecule has 2 atom stereocenters. The molecule has 7 heteroatoms. The third-order valence-electron chi connectivity index (χ3n) is 5.90. The number of hydrogen-bond donors (Lipinski definition) is 1. The first-order valence-electron chi connectivity index (χ1n) is 9.06. The lowest BCUT2D eigenvalue weighted by atomic mass is 9.78. The molecule has 27 heavy (non-hydrogen) atoms. The van der Waals surface area contributed by atoms with Gasteiger partial charge >= 0.3 is 0 Å². The summed E-state index contributed by atoms with van der Waals surface area (Å²) >= 11 is 0. The molecule has 0 saturated heterocycles. The lowest BCUT2D eigenvalue weighted by Gasteiger charge is -2.22. The summed E-state index contributed by atoms with van der Waals surface area (Å²) in [5, 5.41) is 3.70. The van der Waals surface area contributed by atoms with Gasteiger partial charge in [0.05, 0.1) is 22.2 Å². The van der Waals surface area contributed by atoms with Crippen molar-refractivity contribution in [2.75, 3.05) is 5.32 Å². The third-order valence-corrected chi connectivity index (χ3v) is 7.58. The van der Waals surface area contributed by atoms with Crippen molar-refractivity contribution in [1.29, 1.82) is 0 Å². The third kappa shape index (κ3) is 2.15. The van der Waals surface area contributed by atoms with Gasteiger partial charge in [0, 0.05) is 17.1 Å². The molecule has 1 N–H and O–H groups in total. The van der Waals surface area contributed by atoms with Gasteiger partial charge < -0.3 is 5.32 Å². The van der Waals surface area contributed by atoms with Crippen molar-refractivity contribution in [2.45, 2.75) is 36.5 Å². The van der Waals surface area contributed by atoms with E-state index in [1.807, 2.05) is 0 Å². The molecule has 3 heterocycles. The van der Waals surface area contributed by atoms with Gasteiger partial charge in [-0.05, 0) is 43.4 Å². The smallest absolute Gasteiger partial charge is 0.269 e. The Bertz CT molecular complexity index is 1180. The summed E-state index contributed by atoms with van der Waals surface area (Å²) in [5.74, 6) is 0.467. The average Bonchev–Trinajstić information content (AvgIpc) is 3.33. The number of carbonyl (C=O) groups excluding carboxylic acids is 1. The van der Waals surface area contributed by atoms with Crippen molar-refractivity contribution in [3.05, 3.63) is 54.4 Å². The molecule has 1 aliphatic carbocycles. The molecule has 1 fully saturated rings. The first kappa shape index (κ1) is 16.5. The fraction of sp³-hybridized carbons (Fsp3) is 0.300. The van der Waals surface area contributed by atoms with Crippen LogP contribution in [0.25, 0.3) is 11.0 Å². The highest BCUT2D eigenvalue weighted by molar-refractivity contribution is 7.90. The zero-order valence-electron chi connectivity index (χ0n) is 14.8. The van der Waals surface area contributed by atoms with Gasteiger partial charge in [0.2, 0.25) is 5.91 Å². The fourth-order valence-electron chi connectivity index (χ4n) is 4.65. The van der Waals surface area contributed by atoms with Crippen LogP contribution in [-0.2, 0) is 20.2 Å². The number of amides is 1. The number of carbonyl (C=O) groups is 1. The van der Waals surface area contributed by atoms with Crippen molar-refractivity contribution in [3.8, 4) is 0 Å². The number of nitrogens with one attached hydrogen (secondary N) is 1. The Morgan fingerprint density at radius 3 is 2.70 bits per heavy atom. The highest BCUT2D eigenvalue weighted by atomic mass is 32.2. The number of benzene rings is 1. The van der Waals surface area contributed by atoms with Crippen LogP contribution in [0.2, 0.25) is 0 Å². The molecular formula is C20H19N3O3S. The van der Waals surface area contributed by atoms with Crippen LogP contribution >= 0.6 is 0 Å². The minimum Gasteiger partial charge on any atom is -0.324 e. The summed E-state index contributed by atoms with van der Waals surface area (Å²) in [6.07, 6.45) is 5.67. The predicted octanol–water partition coefficient (Wildman–Crippen LogP) is 3.28. The Balaban J connectivity index is 1.75. The fourth-order valence-corrected chi connectivity index (χ4v) is 5.98. The summed E-state index contributed by atoms with van der Waals surface area (Å²) < 4.78 is 27.4. The van der Waals surface area contributed by atoms with Crippen LogP contribution in [0, 0.1) is 5.92 Å². The second kappa shape index (κ2) is 5.42. The molecule has 1 saturated carbocycles. The molecule has 1 amide bonds. The van der Waals surface area contributed by atoms with Crippen LogP contribution in [0.1, 0.15) is 31.7 Å². The van der Waals surface area contributed by atoms with Crippen LogP contribution in [-0.4, -0.2) is 23.3 Å². The van der Waals surface area contributed by atoms with Gasteiger partial charge in [-0.3, -0.25) is 4.79 Å². The maximum atomic E-state index is 13.1. The number of anilines is 1. The van der Waals surface area contributed by atoms with E-state index in [4.69, 9.17) is 0 Å². The van der Waals surface area contributed by atoms with E-state index in [-0.39, 0.29) is 10.8 Å². The maximum absolute atomic E-state index is 13.1. The number of nitrogens with zero attached hydrogens (tertiary/aromatic N) is 2. The van der Waals surface area contributed by atoms with Crippen molar-refractivity contribution in [2.24, 2.45) is 5.92 Å². The molecule has 6 nitrogen and oxygen atoms in total. The molecule has 1 aromatic carbocycles. The van der Waals surface area contributed by atoms with Crippen molar-refractivity contribution < 1.29 is 13.2 Å². The maximum Gasteiger partial charge on any atom is 0.269 e. The van der Waals surface area contributed by atoms with E-state index in [2.05, 4.69) is 17.2 Å². The largest absolute Gasteiger partial charge is 0.324 e. The first-order chi connectivity index (χ1) is 12.9. The van der Waals surface area contributed by atoms with E-state index in [0.29, 0.717) is 17.3 Å². The highest BCUT2D eigenvalue weighted by Crippen LogP contribution is 2.52. The predicted molar refractivity (Wildman–Crippen MR) is 102 cm³/mol. The van der Waals surface area contributed by atoms with Gasteiger partial charge in [0.1, 0.15) is 0 Å². The minimum atomic E-state index is -3.75. The molecule has 0 bridgehead atoms. The van der Waals surface area contributed by atoms with Gasteiger partial charge in [-0.1, -0.05) is 25.1 Å². The van der Waals surface area contributed by atoms with Crippen molar-refractivity contribution in [1.82, 2.24) is 8.96 Å². The molecule has 1 spiro atoms. The monoisotopic (exact) mass is 381 g/mol. The molecule has 2 aromatic heterocycles. The van der Waals surface area contributed by atoms with Crippen LogP contribution in [0.5, 0.6) is 0 Å². The average molecular weight is 381 g/mol. The standard InChI is InChI=1S/C20H19N3O3S/c1-13-7-9-20(11-13)17-15-8-10-23(18(15)21-12-16(17)22-19(20)24)27(25,26)14-5-3-2-4-6-14/h2-6,8,10,12-13H,7,9,11H2,1H3,(H,22,24)/t13-,20-/m0/s1. The van der Waals surface area contributed by atoms with Crippen molar-refractivity contribution >= 4 is 32.7 Å². The number of rotatable bonds is 2. The molecule has 0 radical (unpaired) electrons. The molecular weight excluding hydrogens is 362 g/mol. The van der Waals surface area contributed by atoms with E-state index in [9.17, 15) is 13.2 Å². The second-order valence-electron chi connectivity index (χ2n) is 7.60. The Labute approximate surface area is 157 Å². The lowest BCUT2D eigenvalue weighted by molar-refractivity contribution is -0.120. The summed E-state index contributed by atoms with van der Waals surface area (Å²) in [7, 11) is -3.75. The zero-order chi connectivity index (χ0) is 18.8. The normalized spacial score (nSPS) is 24.5.